The molecule has 1 amide bonds. The van der Waals surface area contributed by atoms with Crippen molar-refractivity contribution >= 4 is 53.7 Å². The van der Waals surface area contributed by atoms with E-state index in [1.54, 1.807) is 6.20 Å². The molecule has 2 fully saturated rings. The number of rotatable bonds is 10. The van der Waals surface area contributed by atoms with Crippen LogP contribution in [0.15, 0.2) is 43.1 Å². The van der Waals surface area contributed by atoms with Crippen LogP contribution in [-0.2, 0) is 25.1 Å². The summed E-state index contributed by atoms with van der Waals surface area (Å²) in [5, 5.41) is 18.2. The maximum Gasteiger partial charge on any atom is 0.404 e. The quantitative estimate of drug-likeness (QED) is 0.139. The molecule has 12 nitrogen and oxygen atoms in total. The Kier molecular flexibility index (Phi) is 8.02. The highest BCUT2D eigenvalue weighted by Gasteiger charge is 2.42. The fourth-order valence-corrected chi connectivity index (χ4v) is 8.00. The van der Waals surface area contributed by atoms with Crippen LogP contribution in [-0.4, -0.2) is 77.9 Å². The lowest BCUT2D eigenvalue weighted by Crippen LogP contribution is -2.50. The number of aryl methyl sites for hydroxylation is 1. The Bertz CT molecular complexity index is 1900. The van der Waals surface area contributed by atoms with Gasteiger partial charge in [-0.3, -0.25) is 4.68 Å². The molecule has 4 aromatic heterocycles. The Morgan fingerprint density at radius 1 is 1.13 bits per heavy atom. The molecular formula is C32H40ClN9O3Si. The summed E-state index contributed by atoms with van der Waals surface area (Å²) in [7, 11) is 0.720. The van der Waals surface area contributed by atoms with Crippen molar-refractivity contribution in [3.8, 4) is 11.1 Å². The highest BCUT2D eigenvalue weighted by Crippen LogP contribution is 2.41. The molecule has 5 aromatic rings. The van der Waals surface area contributed by atoms with E-state index in [0.29, 0.717) is 24.9 Å². The fourth-order valence-electron chi connectivity index (χ4n) is 6.94. The van der Waals surface area contributed by atoms with Crippen molar-refractivity contribution in [3.63, 3.8) is 0 Å². The molecule has 1 unspecified atom stereocenters. The van der Waals surface area contributed by atoms with Crippen molar-refractivity contribution in [2.24, 2.45) is 7.05 Å². The van der Waals surface area contributed by atoms with Crippen LogP contribution in [0.5, 0.6) is 0 Å². The van der Waals surface area contributed by atoms with Crippen molar-refractivity contribution in [1.82, 2.24) is 39.2 Å². The molecule has 2 aliphatic rings. The molecule has 0 radical (unpaired) electrons. The highest BCUT2D eigenvalue weighted by atomic mass is 35.5. The van der Waals surface area contributed by atoms with Gasteiger partial charge in [0.05, 0.1) is 23.3 Å². The zero-order valence-corrected chi connectivity index (χ0v) is 28.4. The molecule has 2 N–H and O–H groups in total. The van der Waals surface area contributed by atoms with E-state index in [-0.39, 0.29) is 18.1 Å². The summed E-state index contributed by atoms with van der Waals surface area (Å²) in [6.45, 7) is 8.62. The number of fused-ring (bicyclic) bond motifs is 4. The number of ether oxygens (including phenoxy) is 1. The van der Waals surface area contributed by atoms with Gasteiger partial charge >= 0.3 is 6.09 Å². The van der Waals surface area contributed by atoms with E-state index in [0.717, 1.165) is 76.6 Å². The van der Waals surface area contributed by atoms with E-state index in [9.17, 15) is 9.90 Å². The molecule has 2 bridgehead atoms. The van der Waals surface area contributed by atoms with Gasteiger partial charge in [-0.1, -0.05) is 37.3 Å². The van der Waals surface area contributed by atoms with Crippen molar-refractivity contribution in [2.45, 2.75) is 82.8 Å². The van der Waals surface area contributed by atoms with Crippen molar-refractivity contribution in [1.29, 1.82) is 0 Å². The summed E-state index contributed by atoms with van der Waals surface area (Å²) in [5.74, 6) is 1.72. The number of hydrogen-bond donors (Lipinski definition) is 2. The first-order chi connectivity index (χ1) is 22.0. The van der Waals surface area contributed by atoms with Crippen LogP contribution in [0, 0.1) is 0 Å². The van der Waals surface area contributed by atoms with Gasteiger partial charge < -0.3 is 29.2 Å². The third-order valence-corrected chi connectivity index (χ3v) is 11.4. The Morgan fingerprint density at radius 3 is 2.61 bits per heavy atom. The molecule has 3 atom stereocenters. The van der Waals surface area contributed by atoms with Crippen LogP contribution in [0.1, 0.15) is 31.5 Å². The Balaban J connectivity index is 1.24. The summed E-state index contributed by atoms with van der Waals surface area (Å²) in [4.78, 5) is 28.3. The lowest BCUT2D eigenvalue weighted by atomic mass is 9.97. The molecule has 6 heterocycles. The van der Waals surface area contributed by atoms with E-state index in [4.69, 9.17) is 31.4 Å². The third-order valence-electron chi connectivity index (χ3n) is 9.29. The van der Waals surface area contributed by atoms with E-state index in [1.807, 2.05) is 57.8 Å². The van der Waals surface area contributed by atoms with Gasteiger partial charge in [0.1, 0.15) is 23.9 Å². The average Bonchev–Trinajstić information content (AvgIpc) is 3.75. The van der Waals surface area contributed by atoms with Gasteiger partial charge in [-0.05, 0) is 37.8 Å². The lowest BCUT2D eigenvalue weighted by molar-refractivity contribution is 0.0899. The maximum absolute atomic E-state index is 11.3. The Hall–Kier alpha value is -3.94. The minimum absolute atomic E-state index is 0.0386. The number of halogens is 1. The van der Waals surface area contributed by atoms with Gasteiger partial charge in [0.2, 0.25) is 0 Å². The molecule has 2 aliphatic heterocycles. The summed E-state index contributed by atoms with van der Waals surface area (Å²) < 4.78 is 12.1. The smallest absolute Gasteiger partial charge is 0.404 e. The van der Waals surface area contributed by atoms with Crippen LogP contribution in [0.4, 0.5) is 10.6 Å². The number of carbonyl (C=O) groups is 1. The van der Waals surface area contributed by atoms with Gasteiger partial charge in [0.15, 0.2) is 5.65 Å². The maximum atomic E-state index is 11.3. The summed E-state index contributed by atoms with van der Waals surface area (Å²) in [5.41, 5.74) is 4.06. The van der Waals surface area contributed by atoms with Crippen LogP contribution < -0.4 is 10.2 Å². The minimum atomic E-state index is -1.25. The van der Waals surface area contributed by atoms with Gasteiger partial charge in [-0.2, -0.15) is 5.10 Å². The van der Waals surface area contributed by atoms with Gasteiger partial charge in [-0.15, -0.1) is 0 Å². The average molecular weight is 662 g/mol. The molecule has 2 saturated heterocycles. The number of aromatic nitrogens is 7. The summed E-state index contributed by atoms with van der Waals surface area (Å²) >= 11 is 7.12. The second-order valence-corrected chi connectivity index (χ2v) is 19.8. The lowest BCUT2D eigenvalue weighted by Gasteiger charge is -2.39. The van der Waals surface area contributed by atoms with Crippen molar-refractivity contribution in [3.05, 3.63) is 54.0 Å². The molecule has 0 aliphatic carbocycles. The number of amides is 1. The topological polar surface area (TPSA) is 128 Å². The molecular weight excluding hydrogens is 622 g/mol. The van der Waals surface area contributed by atoms with E-state index in [2.05, 4.69) is 34.8 Å². The largest absolute Gasteiger partial charge is 0.465 e. The highest BCUT2D eigenvalue weighted by molar-refractivity contribution is 6.76. The van der Waals surface area contributed by atoms with Crippen molar-refractivity contribution < 1.29 is 14.6 Å². The third kappa shape index (κ3) is 5.98. The molecule has 0 saturated carbocycles. The first-order valence-electron chi connectivity index (χ1n) is 15.9. The Morgan fingerprint density at radius 2 is 1.91 bits per heavy atom. The number of hydrogen-bond acceptors (Lipinski definition) is 7. The van der Waals surface area contributed by atoms with Crippen LogP contribution >= 0.6 is 11.6 Å². The summed E-state index contributed by atoms with van der Waals surface area (Å²) in [6.07, 6.45) is 12.2. The molecule has 7 rings (SSSR count). The number of nitrogens with zero attached hydrogens (tertiary/aromatic N) is 8. The standard InChI is InChI=1S/C32H40ClN9O3Si/c1-39-10-9-34-28(39)18-41-17-25-26(38-41)8-7-23(29(25)33)24-16-40(19-45-11-12-46(2,3)4)31-30(24)35-15-27(37-31)42-21-5-6-22(42)14-20(13-21)36-32(43)44/h7-10,15-17,20-22,36H,5-6,11-14,18-19H2,1-4H3,(H,43,44)/t20?,21-,22+. The predicted octanol–water partition coefficient (Wildman–Crippen LogP) is 5.96. The number of nitrogens with one attached hydrogen (secondary N) is 1. The molecule has 14 heteroatoms. The molecule has 0 spiro atoms. The van der Waals surface area contributed by atoms with E-state index in [1.165, 1.54) is 0 Å². The number of piperidine rings is 1. The Labute approximate surface area is 273 Å². The van der Waals surface area contributed by atoms with Gasteiger partial charge in [-0.25, -0.2) is 19.7 Å². The molecule has 242 valence electrons. The first kappa shape index (κ1) is 30.7. The van der Waals surface area contributed by atoms with E-state index >= 15 is 0 Å². The molecule has 46 heavy (non-hydrogen) atoms. The normalized spacial score (nSPS) is 19.8. The van der Waals surface area contributed by atoms with Gasteiger partial charge in [0, 0.05) is 81.2 Å². The van der Waals surface area contributed by atoms with Crippen LogP contribution in [0.2, 0.25) is 30.7 Å². The predicted molar refractivity (Wildman–Crippen MR) is 181 cm³/mol. The number of imidazole rings is 1. The minimum Gasteiger partial charge on any atom is -0.465 e. The van der Waals surface area contributed by atoms with Crippen molar-refractivity contribution in [2.75, 3.05) is 11.5 Å². The number of benzene rings is 1. The van der Waals surface area contributed by atoms with Crippen LogP contribution in [0.3, 0.4) is 0 Å². The van der Waals surface area contributed by atoms with E-state index < -0.39 is 14.2 Å². The molecule has 1 aromatic carbocycles. The monoisotopic (exact) mass is 661 g/mol. The van der Waals surface area contributed by atoms with Crippen LogP contribution in [0.25, 0.3) is 33.2 Å². The number of carboxylic acid groups (broad SMARTS) is 1. The SMILES string of the molecule is Cn1ccnc1Cn1cc2c(Cl)c(-c3cn(COCC[Si](C)(C)C)c4nc(N5[C@@H]6CC[C@H]5CC(NC(=O)O)C6)cnc34)ccc2n1. The fraction of sp³-hybridized carbons (Fsp3) is 0.469. The zero-order valence-electron chi connectivity index (χ0n) is 26.6. The zero-order chi connectivity index (χ0) is 32.2. The number of anilines is 1. The second-order valence-electron chi connectivity index (χ2n) is 13.8. The van der Waals surface area contributed by atoms with Gasteiger partial charge in [0.25, 0.3) is 0 Å². The second kappa shape index (κ2) is 12.0. The summed E-state index contributed by atoms with van der Waals surface area (Å²) in [6, 6.07) is 5.47. The first-order valence-corrected chi connectivity index (χ1v) is 20.0.